The Hall–Kier alpha value is -1.63. The second-order valence-corrected chi connectivity index (χ2v) is 5.90. The van der Waals surface area contributed by atoms with E-state index in [9.17, 15) is 4.79 Å². The summed E-state index contributed by atoms with van der Waals surface area (Å²) in [4.78, 5) is 14.7. The normalized spacial score (nSPS) is 22.2. The fraction of sp³-hybridized carbons (Fsp3) is 0.467. The minimum absolute atomic E-state index is 0.0439. The molecule has 1 aromatic carbocycles. The summed E-state index contributed by atoms with van der Waals surface area (Å²) in [6.07, 6.45) is 1.51. The number of hydrogen-bond donors (Lipinski definition) is 1. The highest BCUT2D eigenvalue weighted by Gasteiger charge is 2.30. The summed E-state index contributed by atoms with van der Waals surface area (Å²) in [5.41, 5.74) is 1.13. The van der Waals surface area contributed by atoms with E-state index in [1.165, 1.54) is 0 Å². The number of aromatic nitrogens is 2. The molecule has 3 rings (SSSR count). The van der Waals surface area contributed by atoms with E-state index in [1.54, 1.807) is 24.3 Å². The minimum Gasteiger partial charge on any atom is -0.382 e. The third-order valence-electron chi connectivity index (χ3n) is 3.75. The maximum atomic E-state index is 12.9. The van der Waals surface area contributed by atoms with E-state index in [2.05, 4.69) is 10.2 Å². The van der Waals surface area contributed by atoms with Crippen LogP contribution in [0.25, 0.3) is 10.9 Å². The minimum atomic E-state index is -0.127. The maximum absolute atomic E-state index is 12.9. The molecule has 2 atom stereocenters. The average Bonchev–Trinajstić information content (AvgIpc) is 2.94. The van der Waals surface area contributed by atoms with E-state index < -0.39 is 0 Å². The van der Waals surface area contributed by atoms with Gasteiger partial charge in [-0.15, -0.1) is 0 Å². The smallest absolute Gasteiger partial charge is 0.257 e. The van der Waals surface area contributed by atoms with Crippen molar-refractivity contribution in [3.05, 3.63) is 28.9 Å². The summed E-state index contributed by atoms with van der Waals surface area (Å²) in [6, 6.07) is 3.57. The zero-order chi connectivity index (χ0) is 15.7. The van der Waals surface area contributed by atoms with Gasteiger partial charge in [0.05, 0.1) is 41.1 Å². The summed E-state index contributed by atoms with van der Waals surface area (Å²) in [5, 5.41) is 8.13. The SMILES string of the molecule is COCC1CN(C(=O)c2c(Cl)ccc3cn[nH]c23)CC(C)O1. The Morgan fingerprint density at radius 3 is 3.14 bits per heavy atom. The highest BCUT2D eigenvalue weighted by Crippen LogP contribution is 2.27. The largest absolute Gasteiger partial charge is 0.382 e. The van der Waals surface area contributed by atoms with Crippen LogP contribution in [0.15, 0.2) is 18.3 Å². The van der Waals surface area contributed by atoms with Crippen LogP contribution in [0.1, 0.15) is 17.3 Å². The van der Waals surface area contributed by atoms with Crippen LogP contribution < -0.4 is 0 Å². The summed E-state index contributed by atoms with van der Waals surface area (Å²) in [6.45, 7) is 3.41. The molecule has 22 heavy (non-hydrogen) atoms. The third-order valence-corrected chi connectivity index (χ3v) is 4.06. The highest BCUT2D eigenvalue weighted by atomic mass is 35.5. The van der Waals surface area contributed by atoms with Crippen LogP contribution in [0.5, 0.6) is 0 Å². The Morgan fingerprint density at radius 1 is 1.55 bits per heavy atom. The van der Waals surface area contributed by atoms with Crippen molar-refractivity contribution >= 4 is 28.4 Å². The Morgan fingerprint density at radius 2 is 2.36 bits per heavy atom. The molecule has 0 radical (unpaired) electrons. The van der Waals surface area contributed by atoms with Crippen LogP contribution in [0.4, 0.5) is 0 Å². The number of carbonyl (C=O) groups is 1. The van der Waals surface area contributed by atoms with Crippen molar-refractivity contribution < 1.29 is 14.3 Å². The molecule has 0 saturated carbocycles. The fourth-order valence-corrected chi connectivity index (χ4v) is 3.08. The van der Waals surface area contributed by atoms with Gasteiger partial charge in [-0.3, -0.25) is 9.89 Å². The maximum Gasteiger partial charge on any atom is 0.257 e. The lowest BCUT2D eigenvalue weighted by Crippen LogP contribution is -2.50. The summed E-state index contributed by atoms with van der Waals surface area (Å²) >= 11 is 6.26. The first-order valence-corrected chi connectivity index (χ1v) is 7.53. The van der Waals surface area contributed by atoms with E-state index >= 15 is 0 Å². The molecule has 0 spiro atoms. The van der Waals surface area contributed by atoms with Gasteiger partial charge in [-0.2, -0.15) is 5.10 Å². The van der Waals surface area contributed by atoms with E-state index in [0.29, 0.717) is 35.8 Å². The van der Waals surface area contributed by atoms with Gasteiger partial charge in [0.1, 0.15) is 0 Å². The number of morpholine rings is 1. The fourth-order valence-electron chi connectivity index (χ4n) is 2.84. The number of nitrogens with one attached hydrogen (secondary N) is 1. The number of nitrogens with zero attached hydrogens (tertiary/aromatic N) is 2. The number of amides is 1. The van der Waals surface area contributed by atoms with Crippen molar-refractivity contribution in [2.24, 2.45) is 0 Å². The average molecular weight is 324 g/mol. The number of carbonyl (C=O) groups excluding carboxylic acids is 1. The number of halogens is 1. The molecule has 2 aromatic rings. The molecule has 2 unspecified atom stereocenters. The van der Waals surface area contributed by atoms with Crippen LogP contribution in [0.3, 0.4) is 0 Å². The van der Waals surface area contributed by atoms with Gasteiger partial charge in [0.2, 0.25) is 0 Å². The number of fused-ring (bicyclic) bond motifs is 1. The first-order valence-electron chi connectivity index (χ1n) is 7.15. The molecule has 0 bridgehead atoms. The first-order chi connectivity index (χ1) is 10.6. The number of methoxy groups -OCH3 is 1. The van der Waals surface area contributed by atoms with Gasteiger partial charge >= 0.3 is 0 Å². The quantitative estimate of drug-likeness (QED) is 0.939. The van der Waals surface area contributed by atoms with Crippen molar-refractivity contribution in [3.8, 4) is 0 Å². The van der Waals surface area contributed by atoms with Crippen molar-refractivity contribution in [2.75, 3.05) is 26.8 Å². The first kappa shape index (κ1) is 15.3. The third kappa shape index (κ3) is 2.82. The molecular weight excluding hydrogens is 306 g/mol. The number of ether oxygens (including phenoxy) is 2. The monoisotopic (exact) mass is 323 g/mol. The number of aromatic amines is 1. The molecule has 1 N–H and O–H groups in total. The number of H-pyrrole nitrogens is 1. The Labute approximate surface area is 133 Å². The molecule has 1 fully saturated rings. The predicted octanol–water partition coefficient (Wildman–Crippen LogP) is 2.09. The molecule has 1 aliphatic heterocycles. The van der Waals surface area contributed by atoms with Crippen LogP contribution in [0, 0.1) is 0 Å². The predicted molar refractivity (Wildman–Crippen MR) is 83.2 cm³/mol. The van der Waals surface area contributed by atoms with E-state index in [-0.39, 0.29) is 18.1 Å². The second-order valence-electron chi connectivity index (χ2n) is 5.49. The number of rotatable bonds is 3. The van der Waals surface area contributed by atoms with Crippen molar-refractivity contribution in [1.82, 2.24) is 15.1 Å². The van der Waals surface area contributed by atoms with E-state index in [0.717, 1.165) is 5.39 Å². The summed E-state index contributed by atoms with van der Waals surface area (Å²) < 4.78 is 10.9. The van der Waals surface area contributed by atoms with Crippen LogP contribution in [0.2, 0.25) is 5.02 Å². The van der Waals surface area contributed by atoms with Gasteiger partial charge in [0.25, 0.3) is 5.91 Å². The van der Waals surface area contributed by atoms with Gasteiger partial charge in [-0.1, -0.05) is 11.6 Å². The van der Waals surface area contributed by atoms with Gasteiger partial charge < -0.3 is 14.4 Å². The lowest BCUT2D eigenvalue weighted by Gasteiger charge is -2.36. The number of hydrogen-bond acceptors (Lipinski definition) is 4. The Bertz CT molecular complexity index is 688. The Kier molecular flexibility index (Phi) is 4.33. The van der Waals surface area contributed by atoms with Gasteiger partial charge in [0.15, 0.2) is 0 Å². The van der Waals surface area contributed by atoms with Crippen LogP contribution >= 0.6 is 11.6 Å². The lowest BCUT2D eigenvalue weighted by atomic mass is 10.1. The van der Waals surface area contributed by atoms with Crippen LogP contribution in [-0.2, 0) is 9.47 Å². The highest BCUT2D eigenvalue weighted by molar-refractivity contribution is 6.35. The summed E-state index contributed by atoms with van der Waals surface area (Å²) in [7, 11) is 1.62. The Balaban J connectivity index is 1.91. The number of benzene rings is 1. The molecule has 118 valence electrons. The van der Waals surface area contributed by atoms with Gasteiger partial charge in [-0.25, -0.2) is 0 Å². The zero-order valence-corrected chi connectivity index (χ0v) is 13.3. The lowest BCUT2D eigenvalue weighted by molar-refractivity contribution is -0.0918. The zero-order valence-electron chi connectivity index (χ0n) is 12.5. The molecule has 2 heterocycles. The topological polar surface area (TPSA) is 67.5 Å². The van der Waals surface area contributed by atoms with Gasteiger partial charge in [-0.05, 0) is 19.1 Å². The summed E-state index contributed by atoms with van der Waals surface area (Å²) in [5.74, 6) is -0.115. The van der Waals surface area contributed by atoms with Gasteiger partial charge in [0, 0.05) is 25.6 Å². The molecule has 1 aromatic heterocycles. The van der Waals surface area contributed by atoms with Crippen molar-refractivity contribution in [3.63, 3.8) is 0 Å². The van der Waals surface area contributed by atoms with E-state index in [1.807, 2.05) is 13.0 Å². The standard InChI is InChI=1S/C15H18ClN3O3/c1-9-6-19(7-11(22-9)8-21-2)15(20)13-12(16)4-3-10-5-17-18-14(10)13/h3-5,9,11H,6-8H2,1-2H3,(H,17,18). The molecule has 1 aliphatic rings. The molecular formula is C15H18ClN3O3. The molecule has 7 heteroatoms. The van der Waals surface area contributed by atoms with Crippen molar-refractivity contribution in [2.45, 2.75) is 19.1 Å². The van der Waals surface area contributed by atoms with Crippen molar-refractivity contribution in [1.29, 1.82) is 0 Å². The molecule has 6 nitrogen and oxygen atoms in total. The van der Waals surface area contributed by atoms with E-state index in [4.69, 9.17) is 21.1 Å². The second kappa shape index (κ2) is 6.24. The molecule has 0 aliphatic carbocycles. The molecule has 1 amide bonds. The van der Waals surface area contributed by atoms with Crippen LogP contribution in [-0.4, -0.2) is 60.0 Å². The molecule has 1 saturated heterocycles.